The van der Waals surface area contributed by atoms with Gasteiger partial charge in [-0.3, -0.25) is 5.32 Å². The van der Waals surface area contributed by atoms with Gasteiger partial charge < -0.3 is 4.74 Å². The molecule has 0 fully saturated rings. The first-order chi connectivity index (χ1) is 6.81. The number of hydrogen-bond donors (Lipinski definition) is 1. The minimum absolute atomic E-state index is 0.428. The number of ether oxygens (including phenoxy) is 1. The van der Waals surface area contributed by atoms with Gasteiger partial charge in [0, 0.05) is 6.20 Å². The van der Waals surface area contributed by atoms with Gasteiger partial charge in [-0.15, -0.1) is 0 Å². The van der Waals surface area contributed by atoms with Gasteiger partial charge in [0.15, 0.2) is 5.82 Å². The van der Waals surface area contributed by atoms with Gasteiger partial charge in [0.2, 0.25) is 0 Å². The smallest absolute Gasteiger partial charge is 0.412 e. The fourth-order valence-corrected chi connectivity index (χ4v) is 1.11. The van der Waals surface area contributed by atoms with Crippen molar-refractivity contribution in [1.82, 2.24) is 14.6 Å². The maximum absolute atomic E-state index is 10.9. The molecule has 0 aliphatic carbocycles. The normalized spacial score (nSPS) is 10.1. The Hall–Kier alpha value is -2.11. The number of aromatic nitrogens is 3. The number of nitrogens with zero attached hydrogens (tertiary/aromatic N) is 3. The molecule has 0 bridgehead atoms. The summed E-state index contributed by atoms with van der Waals surface area (Å²) in [5, 5.41) is 6.44. The Morgan fingerprint density at radius 2 is 2.50 bits per heavy atom. The molecule has 72 valence electrons. The monoisotopic (exact) mass is 192 g/mol. The van der Waals surface area contributed by atoms with Crippen LogP contribution in [0.15, 0.2) is 24.7 Å². The number of nitrogens with one attached hydrogen (secondary N) is 1. The summed E-state index contributed by atoms with van der Waals surface area (Å²) in [6, 6.07) is 3.61. The van der Waals surface area contributed by atoms with Crippen LogP contribution in [0.25, 0.3) is 5.52 Å². The van der Waals surface area contributed by atoms with E-state index in [0.717, 1.165) is 5.52 Å². The van der Waals surface area contributed by atoms with E-state index in [0.29, 0.717) is 5.82 Å². The molecule has 0 aliphatic heterocycles. The molecule has 2 aromatic heterocycles. The average Bonchev–Trinajstić information content (AvgIpc) is 2.66. The van der Waals surface area contributed by atoms with Gasteiger partial charge in [0.25, 0.3) is 0 Å². The number of carbonyl (C=O) groups excluding carboxylic acids is 1. The van der Waals surface area contributed by atoms with E-state index >= 15 is 0 Å². The molecule has 0 saturated carbocycles. The molecule has 6 nitrogen and oxygen atoms in total. The maximum Gasteiger partial charge on any atom is 0.412 e. The van der Waals surface area contributed by atoms with Crippen molar-refractivity contribution in [2.24, 2.45) is 0 Å². The summed E-state index contributed by atoms with van der Waals surface area (Å²) in [7, 11) is 1.30. The Labute approximate surface area is 79.5 Å². The highest BCUT2D eigenvalue weighted by atomic mass is 16.5. The molecule has 6 heteroatoms. The second kappa shape index (κ2) is 3.33. The number of anilines is 1. The lowest BCUT2D eigenvalue weighted by atomic mass is 10.5. The first-order valence-electron chi connectivity index (χ1n) is 3.94. The zero-order valence-corrected chi connectivity index (χ0v) is 7.47. The first kappa shape index (κ1) is 8.49. The number of hydrogen-bond acceptors (Lipinski definition) is 4. The van der Waals surface area contributed by atoms with E-state index < -0.39 is 6.09 Å². The van der Waals surface area contributed by atoms with Gasteiger partial charge in [0.1, 0.15) is 11.8 Å². The number of carbonyl (C=O) groups is 1. The van der Waals surface area contributed by atoms with Crippen molar-refractivity contribution in [3.63, 3.8) is 0 Å². The van der Waals surface area contributed by atoms with Crippen LogP contribution in [0.3, 0.4) is 0 Å². The summed E-state index contributed by atoms with van der Waals surface area (Å²) < 4.78 is 6.07. The third-order valence-corrected chi connectivity index (χ3v) is 1.74. The van der Waals surface area contributed by atoms with E-state index in [9.17, 15) is 4.79 Å². The third kappa shape index (κ3) is 1.37. The highest BCUT2D eigenvalue weighted by Gasteiger charge is 2.06. The highest BCUT2D eigenvalue weighted by Crippen LogP contribution is 2.12. The van der Waals surface area contributed by atoms with Crippen LogP contribution < -0.4 is 5.32 Å². The van der Waals surface area contributed by atoms with Crippen molar-refractivity contribution >= 4 is 17.4 Å². The zero-order chi connectivity index (χ0) is 9.97. The summed E-state index contributed by atoms with van der Waals surface area (Å²) in [6.45, 7) is 0. The lowest BCUT2D eigenvalue weighted by molar-refractivity contribution is 0.187. The molecule has 0 aromatic carbocycles. The van der Waals surface area contributed by atoms with Crippen LogP contribution in [-0.2, 0) is 4.74 Å². The molecule has 2 aromatic rings. The minimum Gasteiger partial charge on any atom is -0.453 e. The Balaban J connectivity index is 2.41. The van der Waals surface area contributed by atoms with Gasteiger partial charge in [-0.1, -0.05) is 0 Å². The van der Waals surface area contributed by atoms with Crippen molar-refractivity contribution in [3.8, 4) is 0 Å². The topological polar surface area (TPSA) is 68.5 Å². The minimum atomic E-state index is -0.549. The van der Waals surface area contributed by atoms with E-state index in [1.54, 1.807) is 16.8 Å². The molecule has 0 saturated heterocycles. The zero-order valence-electron chi connectivity index (χ0n) is 7.47. The number of rotatable bonds is 1. The van der Waals surface area contributed by atoms with Crippen LogP contribution >= 0.6 is 0 Å². The third-order valence-electron chi connectivity index (χ3n) is 1.74. The van der Waals surface area contributed by atoms with Crippen LogP contribution in [0.1, 0.15) is 0 Å². The highest BCUT2D eigenvalue weighted by molar-refractivity contribution is 5.88. The summed E-state index contributed by atoms with van der Waals surface area (Å²) in [5.74, 6) is 0.428. The number of amides is 1. The van der Waals surface area contributed by atoms with Gasteiger partial charge >= 0.3 is 6.09 Å². The Bertz CT molecular complexity index is 465. The average molecular weight is 192 g/mol. The molecule has 0 atom stereocenters. The second-order valence-electron chi connectivity index (χ2n) is 2.56. The van der Waals surface area contributed by atoms with Crippen molar-refractivity contribution in [1.29, 1.82) is 0 Å². The van der Waals surface area contributed by atoms with Gasteiger partial charge in [-0.25, -0.2) is 14.3 Å². The lowest BCUT2D eigenvalue weighted by Gasteiger charge is -2.03. The number of methoxy groups -OCH3 is 1. The van der Waals surface area contributed by atoms with Gasteiger partial charge in [0.05, 0.1) is 7.11 Å². The van der Waals surface area contributed by atoms with Gasteiger partial charge in [-0.05, 0) is 12.1 Å². The Morgan fingerprint density at radius 3 is 3.29 bits per heavy atom. The Kier molecular flexibility index (Phi) is 2.02. The van der Waals surface area contributed by atoms with E-state index in [-0.39, 0.29) is 0 Å². The van der Waals surface area contributed by atoms with E-state index in [2.05, 4.69) is 20.1 Å². The van der Waals surface area contributed by atoms with Crippen LogP contribution in [-0.4, -0.2) is 27.8 Å². The molecule has 2 heterocycles. The van der Waals surface area contributed by atoms with Crippen LogP contribution in [0, 0.1) is 0 Å². The van der Waals surface area contributed by atoms with Crippen LogP contribution in [0.2, 0.25) is 0 Å². The molecular weight excluding hydrogens is 184 g/mol. The summed E-state index contributed by atoms with van der Waals surface area (Å²) in [6.07, 6.45) is 2.57. The molecule has 0 spiro atoms. The molecular formula is C8H8N4O2. The van der Waals surface area contributed by atoms with Gasteiger partial charge in [-0.2, -0.15) is 5.10 Å². The fourth-order valence-electron chi connectivity index (χ4n) is 1.11. The van der Waals surface area contributed by atoms with Crippen molar-refractivity contribution < 1.29 is 9.53 Å². The largest absolute Gasteiger partial charge is 0.453 e. The molecule has 0 radical (unpaired) electrons. The molecule has 14 heavy (non-hydrogen) atoms. The summed E-state index contributed by atoms with van der Waals surface area (Å²) >= 11 is 0. The molecule has 2 rings (SSSR count). The summed E-state index contributed by atoms with van der Waals surface area (Å²) in [4.78, 5) is 14.9. The number of fused-ring (bicyclic) bond motifs is 1. The van der Waals surface area contributed by atoms with Crippen molar-refractivity contribution in [2.75, 3.05) is 12.4 Å². The fraction of sp³-hybridized carbons (Fsp3) is 0.125. The SMILES string of the molecule is COC(=O)Nc1ncnn2cccc12. The molecule has 1 N–H and O–H groups in total. The van der Waals surface area contributed by atoms with Crippen LogP contribution in [0.4, 0.5) is 10.6 Å². The predicted octanol–water partition coefficient (Wildman–Crippen LogP) is 0.908. The maximum atomic E-state index is 10.9. The van der Waals surface area contributed by atoms with E-state index in [4.69, 9.17) is 0 Å². The van der Waals surface area contributed by atoms with E-state index in [1.807, 2.05) is 6.07 Å². The predicted molar refractivity (Wildman–Crippen MR) is 49.0 cm³/mol. The second-order valence-corrected chi connectivity index (χ2v) is 2.56. The van der Waals surface area contributed by atoms with Crippen molar-refractivity contribution in [3.05, 3.63) is 24.7 Å². The Morgan fingerprint density at radius 1 is 1.64 bits per heavy atom. The lowest BCUT2D eigenvalue weighted by Crippen LogP contribution is -2.13. The quantitative estimate of drug-likeness (QED) is 0.729. The molecule has 0 unspecified atom stereocenters. The standard InChI is InChI=1S/C8H8N4O2/c1-14-8(13)11-7-6-3-2-4-12(6)10-5-9-7/h2-5H,1H3,(H,9,10,11,13). The molecule has 0 aliphatic rings. The van der Waals surface area contributed by atoms with Crippen molar-refractivity contribution in [2.45, 2.75) is 0 Å². The summed E-state index contributed by atoms with van der Waals surface area (Å²) in [5.41, 5.74) is 0.720. The van der Waals surface area contributed by atoms with Crippen LogP contribution in [0.5, 0.6) is 0 Å². The molecule has 1 amide bonds. The van der Waals surface area contributed by atoms with E-state index in [1.165, 1.54) is 13.4 Å². The first-order valence-corrected chi connectivity index (χ1v) is 3.94.